The summed E-state index contributed by atoms with van der Waals surface area (Å²) in [7, 11) is 1.71. The Hall–Kier alpha value is -1.06. The van der Waals surface area contributed by atoms with Gasteiger partial charge in [-0.25, -0.2) is 0 Å². The second kappa shape index (κ2) is 8.13. The smallest absolute Gasteiger partial charge is 0.0713 e. The van der Waals surface area contributed by atoms with Crippen molar-refractivity contribution in [3.8, 4) is 0 Å². The fourth-order valence-corrected chi connectivity index (χ4v) is 1.49. The summed E-state index contributed by atoms with van der Waals surface area (Å²) in [5, 5.41) is 3.37. The van der Waals surface area contributed by atoms with Crippen molar-refractivity contribution in [2.45, 2.75) is 20.0 Å². The maximum absolute atomic E-state index is 5.27. The first-order chi connectivity index (χ1) is 7.86. The van der Waals surface area contributed by atoms with Crippen LogP contribution in [0.3, 0.4) is 0 Å². The largest absolute Gasteiger partial charge is 0.385 e. The number of hydrogen-bond donors (Lipinski definition) is 1. The van der Waals surface area contributed by atoms with Crippen molar-refractivity contribution >= 4 is 5.69 Å². The molecule has 1 rings (SSSR count). The van der Waals surface area contributed by atoms with E-state index in [4.69, 9.17) is 9.47 Å². The molecule has 1 aromatic carbocycles. The van der Waals surface area contributed by atoms with Crippen molar-refractivity contribution < 1.29 is 9.47 Å². The van der Waals surface area contributed by atoms with E-state index in [1.54, 1.807) is 7.11 Å². The maximum atomic E-state index is 5.27. The third-order valence-corrected chi connectivity index (χ3v) is 2.24. The highest BCUT2D eigenvalue weighted by atomic mass is 16.5. The summed E-state index contributed by atoms with van der Waals surface area (Å²) in [6.07, 6.45) is 1.03. The van der Waals surface area contributed by atoms with Crippen LogP contribution in [0.2, 0.25) is 0 Å². The van der Waals surface area contributed by atoms with E-state index in [-0.39, 0.29) is 0 Å². The van der Waals surface area contributed by atoms with Gasteiger partial charge in [0, 0.05) is 32.6 Å². The standard InChI is InChI=1S/C13H21NO2/c1-3-16-9-5-8-14-13-7-4-6-12(10-13)11-15-2/h4,6-7,10,14H,3,5,8-9,11H2,1-2H3. The molecule has 0 saturated heterocycles. The van der Waals surface area contributed by atoms with Crippen molar-refractivity contribution in [3.05, 3.63) is 29.8 Å². The summed E-state index contributed by atoms with van der Waals surface area (Å²) in [5.74, 6) is 0. The summed E-state index contributed by atoms with van der Waals surface area (Å²) in [5.41, 5.74) is 2.34. The predicted octanol–water partition coefficient (Wildman–Crippen LogP) is 2.67. The Bertz CT molecular complexity index is 289. The van der Waals surface area contributed by atoms with E-state index in [1.165, 1.54) is 5.56 Å². The van der Waals surface area contributed by atoms with Gasteiger partial charge < -0.3 is 14.8 Å². The van der Waals surface area contributed by atoms with Crippen LogP contribution in [0.15, 0.2) is 24.3 Å². The van der Waals surface area contributed by atoms with Crippen molar-refractivity contribution in [1.82, 2.24) is 0 Å². The zero-order valence-electron chi connectivity index (χ0n) is 10.2. The highest BCUT2D eigenvalue weighted by Crippen LogP contribution is 2.11. The molecule has 0 aliphatic rings. The maximum Gasteiger partial charge on any atom is 0.0713 e. The van der Waals surface area contributed by atoms with Gasteiger partial charge in [-0.05, 0) is 31.0 Å². The van der Waals surface area contributed by atoms with E-state index in [2.05, 4.69) is 23.5 Å². The fraction of sp³-hybridized carbons (Fsp3) is 0.538. The molecule has 0 unspecified atom stereocenters. The summed E-state index contributed by atoms with van der Waals surface area (Å²) >= 11 is 0. The van der Waals surface area contributed by atoms with Crippen LogP contribution in [0.1, 0.15) is 18.9 Å². The SMILES string of the molecule is CCOCCCNc1cccc(COC)c1. The van der Waals surface area contributed by atoms with E-state index in [1.807, 2.05) is 13.0 Å². The first-order valence-electron chi connectivity index (χ1n) is 5.76. The Kier molecular flexibility index (Phi) is 6.61. The molecule has 0 heterocycles. The topological polar surface area (TPSA) is 30.5 Å². The van der Waals surface area contributed by atoms with Gasteiger partial charge in [0.05, 0.1) is 6.61 Å². The van der Waals surface area contributed by atoms with Gasteiger partial charge in [-0.1, -0.05) is 12.1 Å². The molecule has 16 heavy (non-hydrogen) atoms. The van der Waals surface area contributed by atoms with Crippen LogP contribution >= 0.6 is 0 Å². The molecule has 0 aromatic heterocycles. The molecule has 0 radical (unpaired) electrons. The molecule has 0 spiro atoms. The molecule has 0 amide bonds. The van der Waals surface area contributed by atoms with Gasteiger partial charge in [0.25, 0.3) is 0 Å². The number of anilines is 1. The molecule has 0 saturated carbocycles. The monoisotopic (exact) mass is 223 g/mol. The third kappa shape index (κ3) is 5.14. The van der Waals surface area contributed by atoms with E-state index < -0.39 is 0 Å². The van der Waals surface area contributed by atoms with Gasteiger partial charge in [0.15, 0.2) is 0 Å². The van der Waals surface area contributed by atoms with E-state index in [9.17, 15) is 0 Å². The summed E-state index contributed by atoms with van der Waals surface area (Å²) in [4.78, 5) is 0. The Morgan fingerprint density at radius 2 is 2.19 bits per heavy atom. The van der Waals surface area contributed by atoms with Gasteiger partial charge in [-0.2, -0.15) is 0 Å². The van der Waals surface area contributed by atoms with Crippen LogP contribution in [0, 0.1) is 0 Å². The van der Waals surface area contributed by atoms with Crippen molar-refractivity contribution in [2.24, 2.45) is 0 Å². The lowest BCUT2D eigenvalue weighted by molar-refractivity contribution is 0.147. The normalized spacial score (nSPS) is 10.4. The van der Waals surface area contributed by atoms with Crippen LogP contribution in [0.4, 0.5) is 5.69 Å². The van der Waals surface area contributed by atoms with Crippen molar-refractivity contribution in [2.75, 3.05) is 32.2 Å². The lowest BCUT2D eigenvalue weighted by Gasteiger charge is -2.08. The van der Waals surface area contributed by atoms with Gasteiger partial charge in [0.1, 0.15) is 0 Å². The number of benzene rings is 1. The molecule has 1 aromatic rings. The zero-order chi connectivity index (χ0) is 11.6. The second-order valence-corrected chi connectivity index (χ2v) is 3.61. The minimum atomic E-state index is 0.661. The van der Waals surface area contributed by atoms with Gasteiger partial charge >= 0.3 is 0 Å². The molecule has 3 nitrogen and oxygen atoms in total. The van der Waals surface area contributed by atoms with Crippen molar-refractivity contribution in [3.63, 3.8) is 0 Å². The average molecular weight is 223 g/mol. The molecule has 90 valence electrons. The Balaban J connectivity index is 2.27. The van der Waals surface area contributed by atoms with Crippen molar-refractivity contribution in [1.29, 1.82) is 0 Å². The summed E-state index contributed by atoms with van der Waals surface area (Å²) < 4.78 is 10.4. The van der Waals surface area contributed by atoms with Gasteiger partial charge in [0.2, 0.25) is 0 Å². The van der Waals surface area contributed by atoms with Crippen LogP contribution in [-0.2, 0) is 16.1 Å². The van der Waals surface area contributed by atoms with Crippen LogP contribution in [0.5, 0.6) is 0 Å². The van der Waals surface area contributed by atoms with Gasteiger partial charge in [-0.15, -0.1) is 0 Å². The quantitative estimate of drug-likeness (QED) is 0.687. The van der Waals surface area contributed by atoms with Gasteiger partial charge in [-0.3, -0.25) is 0 Å². The molecular formula is C13H21NO2. The summed E-state index contributed by atoms with van der Waals surface area (Å²) in [6, 6.07) is 8.29. The van der Waals surface area contributed by atoms with E-state index in [0.29, 0.717) is 6.61 Å². The second-order valence-electron chi connectivity index (χ2n) is 3.61. The van der Waals surface area contributed by atoms with E-state index >= 15 is 0 Å². The molecule has 0 aliphatic carbocycles. The van der Waals surface area contributed by atoms with Crippen LogP contribution in [0.25, 0.3) is 0 Å². The lowest BCUT2D eigenvalue weighted by atomic mass is 10.2. The van der Waals surface area contributed by atoms with E-state index in [0.717, 1.165) is 31.9 Å². The number of hydrogen-bond acceptors (Lipinski definition) is 3. The molecule has 1 N–H and O–H groups in total. The number of rotatable bonds is 8. The number of nitrogens with one attached hydrogen (secondary N) is 1. The fourth-order valence-electron chi connectivity index (χ4n) is 1.49. The number of methoxy groups -OCH3 is 1. The number of ether oxygens (including phenoxy) is 2. The lowest BCUT2D eigenvalue weighted by Crippen LogP contribution is -2.05. The van der Waals surface area contributed by atoms with Crippen LogP contribution < -0.4 is 5.32 Å². The Labute approximate surface area is 97.8 Å². The molecule has 0 aliphatic heterocycles. The van der Waals surface area contributed by atoms with Crippen LogP contribution in [-0.4, -0.2) is 26.9 Å². The molecule has 0 fully saturated rings. The highest BCUT2D eigenvalue weighted by molar-refractivity contribution is 5.45. The minimum Gasteiger partial charge on any atom is -0.385 e. The summed E-state index contributed by atoms with van der Waals surface area (Å²) in [6.45, 7) is 5.23. The zero-order valence-corrected chi connectivity index (χ0v) is 10.2. The average Bonchev–Trinajstić information content (AvgIpc) is 2.30. The molecule has 0 atom stereocenters. The first-order valence-corrected chi connectivity index (χ1v) is 5.76. The third-order valence-electron chi connectivity index (χ3n) is 2.24. The Morgan fingerprint density at radius 1 is 1.31 bits per heavy atom. The molecular weight excluding hydrogens is 202 g/mol. The first kappa shape index (κ1) is 13.0. The minimum absolute atomic E-state index is 0.661. The highest BCUT2D eigenvalue weighted by Gasteiger charge is 1.95. The molecule has 3 heteroatoms. The predicted molar refractivity (Wildman–Crippen MR) is 66.8 cm³/mol. The molecule has 0 bridgehead atoms. The Morgan fingerprint density at radius 3 is 2.94 bits per heavy atom.